The SMILES string of the molecule is CN1CCC[C@H](CO)[C@@H]1c1cccnc1. The fraction of sp³-hybridized carbons (Fsp3) is 0.583. The number of piperidine rings is 1. The van der Waals surface area contributed by atoms with E-state index >= 15 is 0 Å². The van der Waals surface area contributed by atoms with E-state index in [9.17, 15) is 5.11 Å². The summed E-state index contributed by atoms with van der Waals surface area (Å²) in [5, 5.41) is 9.39. The van der Waals surface area contributed by atoms with E-state index in [1.54, 1.807) is 6.20 Å². The molecule has 2 atom stereocenters. The number of aromatic nitrogens is 1. The largest absolute Gasteiger partial charge is 0.396 e. The maximum absolute atomic E-state index is 9.39. The molecule has 1 aliphatic rings. The molecule has 82 valence electrons. The first-order valence-electron chi connectivity index (χ1n) is 5.54. The molecule has 1 fully saturated rings. The second kappa shape index (κ2) is 4.73. The van der Waals surface area contributed by atoms with Crippen LogP contribution in [0, 0.1) is 5.92 Å². The van der Waals surface area contributed by atoms with Gasteiger partial charge in [0.25, 0.3) is 0 Å². The standard InChI is InChI=1S/C12H18N2O/c1-14-7-3-5-11(9-15)12(14)10-4-2-6-13-8-10/h2,4,6,8,11-12,15H,3,5,7,9H2,1H3/t11-,12+/m1/s1. The lowest BCUT2D eigenvalue weighted by Crippen LogP contribution is -2.37. The number of nitrogens with zero attached hydrogens (tertiary/aromatic N) is 2. The van der Waals surface area contributed by atoms with E-state index in [1.807, 2.05) is 12.3 Å². The minimum Gasteiger partial charge on any atom is -0.396 e. The molecule has 3 heteroatoms. The Labute approximate surface area is 90.8 Å². The Morgan fingerprint density at radius 2 is 2.47 bits per heavy atom. The Morgan fingerprint density at radius 3 is 3.13 bits per heavy atom. The van der Waals surface area contributed by atoms with Crippen molar-refractivity contribution in [1.82, 2.24) is 9.88 Å². The highest BCUT2D eigenvalue weighted by Crippen LogP contribution is 2.33. The molecule has 1 aromatic rings. The van der Waals surface area contributed by atoms with Gasteiger partial charge in [-0.3, -0.25) is 9.88 Å². The zero-order valence-corrected chi connectivity index (χ0v) is 9.13. The van der Waals surface area contributed by atoms with Gasteiger partial charge in [-0.1, -0.05) is 6.07 Å². The fourth-order valence-electron chi connectivity index (χ4n) is 2.53. The summed E-state index contributed by atoms with van der Waals surface area (Å²) in [6, 6.07) is 4.39. The smallest absolute Gasteiger partial charge is 0.0477 e. The van der Waals surface area contributed by atoms with Crippen LogP contribution < -0.4 is 0 Å². The van der Waals surface area contributed by atoms with Crippen molar-refractivity contribution >= 4 is 0 Å². The number of likely N-dealkylation sites (tertiary alicyclic amines) is 1. The lowest BCUT2D eigenvalue weighted by Gasteiger charge is -2.38. The minimum absolute atomic E-state index is 0.268. The molecule has 2 rings (SSSR count). The molecule has 1 aromatic heterocycles. The Hall–Kier alpha value is -0.930. The second-order valence-corrected chi connectivity index (χ2v) is 4.30. The summed E-state index contributed by atoms with van der Waals surface area (Å²) < 4.78 is 0. The van der Waals surface area contributed by atoms with E-state index in [-0.39, 0.29) is 6.61 Å². The van der Waals surface area contributed by atoms with Crippen molar-refractivity contribution in [3.05, 3.63) is 30.1 Å². The molecule has 0 bridgehead atoms. The van der Waals surface area contributed by atoms with Crippen LogP contribution in [0.25, 0.3) is 0 Å². The van der Waals surface area contributed by atoms with Gasteiger partial charge >= 0.3 is 0 Å². The Balaban J connectivity index is 2.23. The van der Waals surface area contributed by atoms with E-state index in [0.29, 0.717) is 12.0 Å². The topological polar surface area (TPSA) is 36.4 Å². The molecule has 1 saturated heterocycles. The summed E-state index contributed by atoms with van der Waals surface area (Å²) in [4.78, 5) is 6.48. The Kier molecular flexibility index (Phi) is 3.34. The van der Waals surface area contributed by atoms with Gasteiger partial charge in [0.05, 0.1) is 0 Å². The first-order chi connectivity index (χ1) is 7.33. The third kappa shape index (κ3) is 2.19. The van der Waals surface area contributed by atoms with E-state index in [0.717, 1.165) is 13.0 Å². The third-order valence-corrected chi connectivity index (χ3v) is 3.27. The summed E-state index contributed by atoms with van der Waals surface area (Å²) in [6.45, 7) is 1.37. The molecule has 3 nitrogen and oxygen atoms in total. The predicted molar refractivity (Wildman–Crippen MR) is 59.4 cm³/mol. The number of aliphatic hydroxyl groups is 1. The highest BCUT2D eigenvalue weighted by atomic mass is 16.3. The first kappa shape index (κ1) is 10.6. The molecule has 0 amide bonds. The van der Waals surface area contributed by atoms with Gasteiger partial charge in [-0.2, -0.15) is 0 Å². The Morgan fingerprint density at radius 1 is 1.60 bits per heavy atom. The lowest BCUT2D eigenvalue weighted by molar-refractivity contribution is 0.0741. The minimum atomic E-state index is 0.268. The summed E-state index contributed by atoms with van der Waals surface area (Å²) >= 11 is 0. The molecular formula is C12H18N2O. The van der Waals surface area contributed by atoms with E-state index in [4.69, 9.17) is 0 Å². The molecule has 0 spiro atoms. The van der Waals surface area contributed by atoms with Crippen molar-refractivity contribution in [1.29, 1.82) is 0 Å². The van der Waals surface area contributed by atoms with Crippen LogP contribution in [-0.4, -0.2) is 35.2 Å². The first-order valence-corrected chi connectivity index (χ1v) is 5.54. The fourth-order valence-corrected chi connectivity index (χ4v) is 2.53. The number of hydrogen-bond donors (Lipinski definition) is 1. The number of hydrogen-bond acceptors (Lipinski definition) is 3. The van der Waals surface area contributed by atoms with E-state index in [1.165, 1.54) is 12.0 Å². The van der Waals surface area contributed by atoms with Crippen molar-refractivity contribution in [2.45, 2.75) is 18.9 Å². The summed E-state index contributed by atoms with van der Waals surface area (Å²) in [5.74, 6) is 0.355. The molecule has 0 saturated carbocycles. The molecule has 1 aliphatic heterocycles. The quantitative estimate of drug-likeness (QED) is 0.795. The maximum Gasteiger partial charge on any atom is 0.0477 e. The van der Waals surface area contributed by atoms with Crippen LogP contribution >= 0.6 is 0 Å². The average molecular weight is 206 g/mol. The van der Waals surface area contributed by atoms with Crippen molar-refractivity contribution in [3.63, 3.8) is 0 Å². The third-order valence-electron chi connectivity index (χ3n) is 3.27. The Bertz CT molecular complexity index is 302. The van der Waals surface area contributed by atoms with Gasteiger partial charge in [0, 0.05) is 31.0 Å². The van der Waals surface area contributed by atoms with Crippen LogP contribution in [0.3, 0.4) is 0 Å². The lowest BCUT2D eigenvalue weighted by atomic mass is 9.86. The predicted octanol–water partition coefficient (Wildman–Crippen LogP) is 1.46. The van der Waals surface area contributed by atoms with E-state index in [2.05, 4.69) is 23.0 Å². The zero-order valence-electron chi connectivity index (χ0n) is 9.13. The number of pyridine rings is 1. The summed E-state index contributed by atoms with van der Waals surface area (Å²) in [5.41, 5.74) is 1.22. The normalized spacial score (nSPS) is 27.9. The van der Waals surface area contributed by atoms with Crippen LogP contribution in [0.15, 0.2) is 24.5 Å². The summed E-state index contributed by atoms with van der Waals surface area (Å²) in [7, 11) is 2.12. The second-order valence-electron chi connectivity index (χ2n) is 4.30. The molecule has 0 radical (unpaired) electrons. The van der Waals surface area contributed by atoms with Crippen LogP contribution in [-0.2, 0) is 0 Å². The molecular weight excluding hydrogens is 188 g/mol. The zero-order chi connectivity index (χ0) is 10.7. The monoisotopic (exact) mass is 206 g/mol. The van der Waals surface area contributed by atoms with Gasteiger partial charge in [-0.25, -0.2) is 0 Å². The van der Waals surface area contributed by atoms with Gasteiger partial charge in [-0.05, 0) is 38.1 Å². The van der Waals surface area contributed by atoms with Gasteiger partial charge in [-0.15, -0.1) is 0 Å². The number of rotatable bonds is 2. The van der Waals surface area contributed by atoms with Gasteiger partial charge in [0.2, 0.25) is 0 Å². The van der Waals surface area contributed by atoms with Crippen molar-refractivity contribution in [2.24, 2.45) is 5.92 Å². The van der Waals surface area contributed by atoms with Gasteiger partial charge in [0.15, 0.2) is 0 Å². The van der Waals surface area contributed by atoms with Gasteiger partial charge in [0.1, 0.15) is 0 Å². The summed E-state index contributed by atoms with van der Waals surface area (Å²) in [6.07, 6.45) is 5.99. The molecule has 15 heavy (non-hydrogen) atoms. The average Bonchev–Trinajstić information content (AvgIpc) is 2.29. The van der Waals surface area contributed by atoms with Crippen molar-refractivity contribution in [2.75, 3.05) is 20.2 Å². The number of aliphatic hydroxyl groups excluding tert-OH is 1. The molecule has 0 unspecified atom stereocenters. The van der Waals surface area contributed by atoms with Crippen LogP contribution in [0.5, 0.6) is 0 Å². The van der Waals surface area contributed by atoms with E-state index < -0.39 is 0 Å². The highest BCUT2D eigenvalue weighted by Gasteiger charge is 2.29. The molecule has 0 aliphatic carbocycles. The molecule has 1 N–H and O–H groups in total. The van der Waals surface area contributed by atoms with Gasteiger partial charge < -0.3 is 5.11 Å². The molecule has 2 heterocycles. The van der Waals surface area contributed by atoms with Crippen LogP contribution in [0.2, 0.25) is 0 Å². The van der Waals surface area contributed by atoms with Crippen LogP contribution in [0.1, 0.15) is 24.4 Å². The maximum atomic E-state index is 9.39. The van der Waals surface area contributed by atoms with Crippen LogP contribution in [0.4, 0.5) is 0 Å². The van der Waals surface area contributed by atoms with Crippen molar-refractivity contribution < 1.29 is 5.11 Å². The highest BCUT2D eigenvalue weighted by molar-refractivity contribution is 5.15. The molecule has 0 aromatic carbocycles. The van der Waals surface area contributed by atoms with Crippen molar-refractivity contribution in [3.8, 4) is 0 Å².